The Morgan fingerprint density at radius 2 is 2.06 bits per heavy atom. The summed E-state index contributed by atoms with van der Waals surface area (Å²) in [4.78, 5) is 21.0. The molecule has 1 N–H and O–H groups in total. The number of nitrogens with zero attached hydrogens (tertiary/aromatic N) is 2. The molecule has 0 amide bonds. The lowest BCUT2D eigenvalue weighted by Gasteiger charge is -2.20. The maximum Gasteiger partial charge on any atom is 0.341 e. The van der Waals surface area contributed by atoms with Crippen molar-refractivity contribution in [2.45, 2.75) is 44.9 Å². The van der Waals surface area contributed by atoms with Gasteiger partial charge in [-0.3, -0.25) is 4.98 Å². The highest BCUT2D eigenvalue weighted by Gasteiger charge is 2.20. The molecule has 0 saturated heterocycles. The minimum atomic E-state index is -0.980. The number of allylic oxidation sites excluding steroid dienone is 1. The second-order valence-corrected chi connectivity index (χ2v) is 8.14. The molecule has 6 nitrogen and oxygen atoms in total. The minimum absolute atomic E-state index is 0.341. The number of benzene rings is 1. The van der Waals surface area contributed by atoms with Gasteiger partial charge in [-0.2, -0.15) is 0 Å². The van der Waals surface area contributed by atoms with Crippen molar-refractivity contribution >= 4 is 17.3 Å². The lowest BCUT2D eigenvalue weighted by molar-refractivity contribution is -0.139. The molecule has 0 spiro atoms. The molecule has 4 rings (SSSR count). The van der Waals surface area contributed by atoms with Crippen molar-refractivity contribution in [3.8, 4) is 5.75 Å². The number of hydrogen-bond acceptors (Lipinski definition) is 5. The Kier molecular flexibility index (Phi) is 6.97. The van der Waals surface area contributed by atoms with Crippen molar-refractivity contribution in [1.82, 2.24) is 4.98 Å². The van der Waals surface area contributed by atoms with Crippen LogP contribution in [-0.4, -0.2) is 35.0 Å². The highest BCUT2D eigenvalue weighted by atomic mass is 16.6. The van der Waals surface area contributed by atoms with E-state index in [9.17, 15) is 4.79 Å². The topological polar surface area (TPSA) is 81.0 Å². The number of aromatic nitrogens is 1. The molecule has 0 unspecified atom stereocenters. The molecule has 0 bridgehead atoms. The summed E-state index contributed by atoms with van der Waals surface area (Å²) in [5.41, 5.74) is 5.10. The molecular formula is C25H28N2O4. The third kappa shape index (κ3) is 5.51. The van der Waals surface area contributed by atoms with Gasteiger partial charge in [-0.15, -0.1) is 0 Å². The maximum atomic E-state index is 10.9. The highest BCUT2D eigenvalue weighted by Crippen LogP contribution is 2.33. The number of carboxylic acids is 1. The number of oxime groups is 1. The molecule has 0 aliphatic heterocycles. The molecule has 1 heterocycles. The Hall–Kier alpha value is -3.15. The van der Waals surface area contributed by atoms with Crippen LogP contribution in [0.4, 0.5) is 0 Å². The fraction of sp³-hybridized carbons (Fsp3) is 0.400. The van der Waals surface area contributed by atoms with Gasteiger partial charge in [0.1, 0.15) is 12.4 Å². The van der Waals surface area contributed by atoms with Gasteiger partial charge >= 0.3 is 5.97 Å². The number of aliphatic carboxylic acids is 1. The van der Waals surface area contributed by atoms with Crippen molar-refractivity contribution in [2.24, 2.45) is 11.1 Å². The van der Waals surface area contributed by atoms with Crippen LogP contribution >= 0.6 is 0 Å². The molecule has 31 heavy (non-hydrogen) atoms. The van der Waals surface area contributed by atoms with Crippen LogP contribution in [0.5, 0.6) is 5.75 Å². The molecule has 2 aromatic rings. The van der Waals surface area contributed by atoms with Crippen molar-refractivity contribution < 1.29 is 19.5 Å². The highest BCUT2D eigenvalue weighted by molar-refractivity contribution is 6.00. The number of hydrogen-bond donors (Lipinski definition) is 1. The van der Waals surface area contributed by atoms with Gasteiger partial charge < -0.3 is 14.7 Å². The second-order valence-electron chi connectivity index (χ2n) is 8.14. The zero-order chi connectivity index (χ0) is 21.5. The van der Waals surface area contributed by atoms with Gasteiger partial charge in [-0.1, -0.05) is 49.0 Å². The number of rotatable bonds is 9. The van der Waals surface area contributed by atoms with Crippen molar-refractivity contribution in [2.75, 3.05) is 13.2 Å². The first kappa shape index (κ1) is 21.1. The zero-order valence-corrected chi connectivity index (χ0v) is 17.6. The fourth-order valence-corrected chi connectivity index (χ4v) is 4.45. The minimum Gasteiger partial charge on any atom is -0.482 e. The van der Waals surface area contributed by atoms with Gasteiger partial charge in [0.25, 0.3) is 0 Å². The van der Waals surface area contributed by atoms with Crippen LogP contribution < -0.4 is 4.74 Å². The van der Waals surface area contributed by atoms with Crippen LogP contribution in [-0.2, 0) is 16.1 Å². The van der Waals surface area contributed by atoms with Crippen molar-refractivity contribution in [1.29, 1.82) is 0 Å². The standard InChI is InChI=1S/C25H28N2O4/c28-25(29)17-30-24-12-4-10-21-20(8-3-11-22(21)24)16-31-27-23(14-18-6-1-2-7-18)19-9-5-13-26-15-19/h4-5,8-10,12-13,15,18H,1-3,6-7,11,14,16-17H2,(H,28,29)/b27-23-. The molecular weight excluding hydrogens is 392 g/mol. The number of pyridine rings is 1. The van der Waals surface area contributed by atoms with Crippen LogP contribution in [0, 0.1) is 5.92 Å². The summed E-state index contributed by atoms with van der Waals surface area (Å²) in [6.07, 6.45) is 13.5. The second kappa shape index (κ2) is 10.2. The number of carboxylic acid groups (broad SMARTS) is 1. The molecule has 2 aliphatic carbocycles. The van der Waals surface area contributed by atoms with Gasteiger partial charge in [-0.05, 0) is 54.5 Å². The lowest BCUT2D eigenvalue weighted by atomic mass is 9.90. The molecule has 2 aliphatic rings. The predicted molar refractivity (Wildman–Crippen MR) is 119 cm³/mol. The first-order valence-corrected chi connectivity index (χ1v) is 11.0. The van der Waals surface area contributed by atoms with Crippen LogP contribution in [0.3, 0.4) is 0 Å². The smallest absolute Gasteiger partial charge is 0.341 e. The van der Waals surface area contributed by atoms with Crippen LogP contribution in [0.1, 0.15) is 55.2 Å². The third-order valence-electron chi connectivity index (χ3n) is 5.96. The van der Waals surface area contributed by atoms with Crippen LogP contribution in [0.15, 0.2) is 54.0 Å². The van der Waals surface area contributed by atoms with E-state index < -0.39 is 5.97 Å². The first-order chi connectivity index (χ1) is 15.2. The summed E-state index contributed by atoms with van der Waals surface area (Å²) >= 11 is 0. The van der Waals surface area contributed by atoms with E-state index in [-0.39, 0.29) is 6.61 Å². The molecule has 1 aromatic carbocycles. The monoisotopic (exact) mass is 420 g/mol. The average Bonchev–Trinajstić information content (AvgIpc) is 3.31. The van der Waals surface area contributed by atoms with E-state index in [1.54, 1.807) is 6.20 Å². The summed E-state index contributed by atoms with van der Waals surface area (Å²) in [6.45, 7) is 0.0236. The predicted octanol–water partition coefficient (Wildman–Crippen LogP) is 4.88. The largest absolute Gasteiger partial charge is 0.482 e. The fourth-order valence-electron chi connectivity index (χ4n) is 4.45. The molecule has 0 atom stereocenters. The maximum absolute atomic E-state index is 10.9. The lowest BCUT2D eigenvalue weighted by Crippen LogP contribution is -2.13. The van der Waals surface area contributed by atoms with Gasteiger partial charge in [-0.25, -0.2) is 4.79 Å². The van der Waals surface area contributed by atoms with E-state index >= 15 is 0 Å². The van der Waals surface area contributed by atoms with E-state index in [0.29, 0.717) is 18.3 Å². The van der Waals surface area contributed by atoms with Gasteiger partial charge in [0.15, 0.2) is 6.61 Å². The van der Waals surface area contributed by atoms with E-state index in [1.165, 1.54) is 25.7 Å². The number of carbonyl (C=O) groups is 1. The molecule has 1 aromatic heterocycles. The van der Waals surface area contributed by atoms with E-state index in [2.05, 4.69) is 16.2 Å². The van der Waals surface area contributed by atoms with Crippen molar-refractivity contribution in [3.05, 3.63) is 65.5 Å². The Morgan fingerprint density at radius 3 is 2.84 bits per heavy atom. The van der Waals surface area contributed by atoms with Gasteiger partial charge in [0.05, 0.1) is 5.71 Å². The Bertz CT molecular complexity index is 963. The van der Waals surface area contributed by atoms with E-state index in [0.717, 1.165) is 47.2 Å². The quantitative estimate of drug-likeness (QED) is 0.462. The molecule has 1 fully saturated rings. The van der Waals surface area contributed by atoms with Crippen LogP contribution in [0.2, 0.25) is 0 Å². The first-order valence-electron chi connectivity index (χ1n) is 11.0. The number of ether oxygens (including phenoxy) is 1. The normalized spacial score (nSPS) is 16.5. The summed E-state index contributed by atoms with van der Waals surface area (Å²) < 4.78 is 5.49. The molecule has 1 saturated carbocycles. The number of fused-ring (bicyclic) bond motifs is 1. The van der Waals surface area contributed by atoms with Crippen molar-refractivity contribution in [3.63, 3.8) is 0 Å². The van der Waals surface area contributed by atoms with E-state index in [4.69, 9.17) is 14.7 Å². The Morgan fingerprint density at radius 1 is 1.19 bits per heavy atom. The summed E-state index contributed by atoms with van der Waals surface area (Å²) in [6, 6.07) is 9.70. The van der Waals surface area contributed by atoms with Crippen LogP contribution in [0.25, 0.3) is 5.57 Å². The van der Waals surface area contributed by atoms with E-state index in [1.807, 2.05) is 36.5 Å². The molecule has 162 valence electrons. The summed E-state index contributed by atoms with van der Waals surface area (Å²) in [7, 11) is 0. The zero-order valence-electron chi connectivity index (χ0n) is 17.6. The van der Waals surface area contributed by atoms with Gasteiger partial charge in [0.2, 0.25) is 0 Å². The van der Waals surface area contributed by atoms with Gasteiger partial charge in [0, 0.05) is 23.5 Å². The Balaban J connectivity index is 1.47. The average molecular weight is 421 g/mol. The summed E-state index contributed by atoms with van der Waals surface area (Å²) in [5, 5.41) is 13.5. The third-order valence-corrected chi connectivity index (χ3v) is 5.96. The summed E-state index contributed by atoms with van der Waals surface area (Å²) in [5.74, 6) is 0.310. The Labute approximate surface area is 182 Å². The molecule has 0 radical (unpaired) electrons. The SMILES string of the molecule is O=C(O)COc1cccc2c1CCC=C2CO/N=C(/CC1CCCC1)c1cccnc1. The molecule has 6 heteroatoms.